The Bertz CT molecular complexity index is 617. The van der Waals surface area contributed by atoms with Crippen LogP contribution in [0.25, 0.3) is 11.3 Å². The third kappa shape index (κ3) is 3.20. The predicted molar refractivity (Wildman–Crippen MR) is 91.1 cm³/mol. The molecule has 3 rings (SSSR count). The number of nitrogen functional groups attached to an aromatic ring is 1. The van der Waals surface area contributed by atoms with Crippen molar-refractivity contribution in [2.75, 3.05) is 24.6 Å². The summed E-state index contributed by atoms with van der Waals surface area (Å²) in [5.74, 6) is 0.566. The zero-order valence-corrected chi connectivity index (χ0v) is 14.2. The lowest BCUT2D eigenvalue weighted by Crippen LogP contribution is -2.36. The Labute approximate surface area is 133 Å². The molecule has 114 valence electrons. The lowest BCUT2D eigenvalue weighted by molar-refractivity contribution is 0.257. The van der Waals surface area contributed by atoms with E-state index in [2.05, 4.69) is 33.5 Å². The first kappa shape index (κ1) is 14.7. The minimum atomic E-state index is 0.492. The van der Waals surface area contributed by atoms with E-state index in [1.807, 2.05) is 12.3 Å². The molecule has 1 aliphatic rings. The van der Waals surface area contributed by atoms with Crippen LogP contribution in [-0.2, 0) is 0 Å². The number of hydrogen-bond acceptors (Lipinski definition) is 7. The van der Waals surface area contributed by atoms with Gasteiger partial charge in [0.25, 0.3) is 0 Å². The molecule has 0 aromatic carbocycles. The third-order valence-corrected chi connectivity index (χ3v) is 5.56. The summed E-state index contributed by atoms with van der Waals surface area (Å²) in [6, 6.07) is 1.26. The molecule has 2 aromatic heterocycles. The molecule has 1 aliphatic carbocycles. The van der Waals surface area contributed by atoms with Crippen molar-refractivity contribution in [1.29, 1.82) is 0 Å². The fraction of sp³-hybridized carbons (Fsp3) is 0.571. The topological polar surface area (TPSA) is 67.1 Å². The summed E-state index contributed by atoms with van der Waals surface area (Å²) >= 11 is 3.05. The number of rotatable bonds is 6. The molecule has 2 heterocycles. The number of hydrogen-bond donors (Lipinski definition) is 2. The zero-order chi connectivity index (χ0) is 15.0. The molecule has 1 atom stereocenters. The minimum Gasteiger partial charge on any atom is -0.382 e. The van der Waals surface area contributed by atoms with Gasteiger partial charge >= 0.3 is 0 Å². The van der Waals surface area contributed by atoms with Gasteiger partial charge in [0.2, 0.25) is 0 Å². The Hall–Kier alpha value is -1.18. The van der Waals surface area contributed by atoms with Crippen LogP contribution in [0.3, 0.4) is 0 Å². The van der Waals surface area contributed by atoms with Crippen LogP contribution in [0.5, 0.6) is 0 Å². The van der Waals surface area contributed by atoms with Crippen molar-refractivity contribution in [3.05, 3.63) is 10.4 Å². The van der Waals surface area contributed by atoms with Crippen LogP contribution in [0.4, 0.5) is 10.8 Å². The Balaban J connectivity index is 1.71. The molecule has 5 nitrogen and oxygen atoms in total. The summed E-state index contributed by atoms with van der Waals surface area (Å²) in [4.78, 5) is 6.98. The molecule has 21 heavy (non-hydrogen) atoms. The molecule has 7 heteroatoms. The van der Waals surface area contributed by atoms with Crippen LogP contribution < -0.4 is 11.1 Å². The molecule has 0 amide bonds. The van der Waals surface area contributed by atoms with Gasteiger partial charge in [-0.3, -0.25) is 4.90 Å². The second kappa shape index (κ2) is 5.90. The van der Waals surface area contributed by atoms with Gasteiger partial charge in [-0.15, -0.1) is 11.3 Å². The van der Waals surface area contributed by atoms with Gasteiger partial charge in [-0.05, 0) is 45.3 Å². The highest BCUT2D eigenvalue weighted by Gasteiger charge is 2.29. The standard InChI is InChI=1S/C14H21N5S2/c1-8(19(3)10-4-5-10)6-16-14-12(13(15)18-21-14)11-7-20-9(2)17-11/h7-8,10,16H,4-6H2,1-3H3,(H2,15,18). The van der Waals surface area contributed by atoms with Crippen molar-refractivity contribution in [3.8, 4) is 11.3 Å². The van der Waals surface area contributed by atoms with Gasteiger partial charge in [-0.1, -0.05) is 0 Å². The first-order chi connectivity index (χ1) is 10.1. The maximum atomic E-state index is 6.02. The molecule has 0 bridgehead atoms. The average molecular weight is 323 g/mol. The molecule has 1 saturated carbocycles. The first-order valence-electron chi connectivity index (χ1n) is 7.19. The Kier molecular flexibility index (Phi) is 4.14. The Morgan fingerprint density at radius 1 is 1.52 bits per heavy atom. The van der Waals surface area contributed by atoms with E-state index < -0.39 is 0 Å². The monoisotopic (exact) mass is 323 g/mol. The molecule has 2 aromatic rings. The summed E-state index contributed by atoms with van der Waals surface area (Å²) in [6.07, 6.45) is 2.66. The first-order valence-corrected chi connectivity index (χ1v) is 8.85. The normalized spacial score (nSPS) is 16.4. The molecular formula is C14H21N5S2. The largest absolute Gasteiger partial charge is 0.382 e. The van der Waals surface area contributed by atoms with E-state index >= 15 is 0 Å². The SMILES string of the molecule is Cc1nc(-c2c(N)nsc2NCC(C)N(C)C2CC2)cs1. The van der Waals surface area contributed by atoms with Gasteiger partial charge in [0.1, 0.15) is 10.8 Å². The van der Waals surface area contributed by atoms with Crippen molar-refractivity contribution in [1.82, 2.24) is 14.3 Å². The Morgan fingerprint density at radius 3 is 2.90 bits per heavy atom. The van der Waals surface area contributed by atoms with E-state index in [1.165, 1.54) is 24.4 Å². The predicted octanol–water partition coefficient (Wildman–Crippen LogP) is 3.05. The number of aryl methyl sites for hydroxylation is 1. The molecule has 0 spiro atoms. The van der Waals surface area contributed by atoms with Crippen LogP contribution in [0, 0.1) is 6.92 Å². The van der Waals surface area contributed by atoms with Crippen LogP contribution in [0.15, 0.2) is 5.38 Å². The van der Waals surface area contributed by atoms with Crippen molar-refractivity contribution < 1.29 is 0 Å². The van der Waals surface area contributed by atoms with Crippen LogP contribution >= 0.6 is 22.9 Å². The molecule has 3 N–H and O–H groups in total. The summed E-state index contributed by atoms with van der Waals surface area (Å²) in [5.41, 5.74) is 7.90. The third-order valence-electron chi connectivity index (χ3n) is 3.97. The second-order valence-corrected chi connectivity index (χ2v) is 7.49. The number of thiazole rings is 1. The number of anilines is 2. The van der Waals surface area contributed by atoms with Gasteiger partial charge in [-0.25, -0.2) is 4.98 Å². The molecule has 0 radical (unpaired) electrons. The van der Waals surface area contributed by atoms with E-state index in [1.54, 1.807) is 11.3 Å². The summed E-state index contributed by atoms with van der Waals surface area (Å²) in [6.45, 7) is 5.15. The number of nitrogens with two attached hydrogens (primary N) is 1. The van der Waals surface area contributed by atoms with Crippen LogP contribution in [-0.4, -0.2) is 39.9 Å². The number of nitrogens with zero attached hydrogens (tertiary/aromatic N) is 3. The zero-order valence-electron chi connectivity index (χ0n) is 12.6. The van der Waals surface area contributed by atoms with E-state index in [0.29, 0.717) is 11.9 Å². The highest BCUT2D eigenvalue weighted by atomic mass is 32.1. The second-order valence-electron chi connectivity index (χ2n) is 5.65. The highest BCUT2D eigenvalue weighted by molar-refractivity contribution is 7.11. The number of aromatic nitrogens is 2. The number of nitrogens with one attached hydrogen (secondary N) is 1. The van der Waals surface area contributed by atoms with Crippen molar-refractivity contribution >= 4 is 33.7 Å². The van der Waals surface area contributed by atoms with Gasteiger partial charge in [0, 0.05) is 24.0 Å². The van der Waals surface area contributed by atoms with Crippen molar-refractivity contribution in [2.45, 2.75) is 38.8 Å². The quantitative estimate of drug-likeness (QED) is 0.855. The van der Waals surface area contributed by atoms with Gasteiger partial charge in [0.05, 0.1) is 16.3 Å². The molecule has 0 saturated heterocycles. The van der Waals surface area contributed by atoms with Crippen molar-refractivity contribution in [2.24, 2.45) is 0 Å². The van der Waals surface area contributed by atoms with Crippen LogP contribution in [0.1, 0.15) is 24.8 Å². The summed E-state index contributed by atoms with van der Waals surface area (Å²) in [7, 11) is 2.20. The maximum Gasteiger partial charge on any atom is 0.148 e. The molecule has 1 fully saturated rings. The van der Waals surface area contributed by atoms with Gasteiger partial charge in [0.15, 0.2) is 0 Å². The fourth-order valence-corrected chi connectivity index (χ4v) is 3.71. The Morgan fingerprint density at radius 2 is 2.29 bits per heavy atom. The lowest BCUT2D eigenvalue weighted by Gasteiger charge is -2.24. The fourth-order valence-electron chi connectivity index (χ4n) is 2.37. The van der Waals surface area contributed by atoms with Gasteiger partial charge < -0.3 is 11.1 Å². The van der Waals surface area contributed by atoms with Crippen molar-refractivity contribution in [3.63, 3.8) is 0 Å². The maximum absolute atomic E-state index is 6.02. The smallest absolute Gasteiger partial charge is 0.148 e. The molecular weight excluding hydrogens is 302 g/mol. The summed E-state index contributed by atoms with van der Waals surface area (Å²) < 4.78 is 4.28. The van der Waals surface area contributed by atoms with Gasteiger partial charge in [-0.2, -0.15) is 4.37 Å². The van der Waals surface area contributed by atoms with E-state index in [-0.39, 0.29) is 0 Å². The number of likely N-dealkylation sites (N-methyl/N-ethyl adjacent to an activating group) is 1. The van der Waals surface area contributed by atoms with E-state index in [0.717, 1.165) is 33.9 Å². The highest BCUT2D eigenvalue weighted by Crippen LogP contribution is 2.37. The van der Waals surface area contributed by atoms with Crippen LogP contribution in [0.2, 0.25) is 0 Å². The minimum absolute atomic E-state index is 0.492. The molecule has 1 unspecified atom stereocenters. The summed E-state index contributed by atoms with van der Waals surface area (Å²) in [5, 5.41) is 7.61. The molecule has 0 aliphatic heterocycles. The lowest BCUT2D eigenvalue weighted by atomic mass is 10.2. The van der Waals surface area contributed by atoms with E-state index in [4.69, 9.17) is 5.73 Å². The van der Waals surface area contributed by atoms with E-state index in [9.17, 15) is 0 Å². The average Bonchev–Trinajstić information content (AvgIpc) is 3.13.